The molecular formula is C12H16N4O3S. The minimum Gasteiger partial charge on any atom is -0.481 e. The first-order valence-electron chi connectivity index (χ1n) is 6.05. The topological polar surface area (TPSA) is 81.2 Å². The predicted octanol–water partition coefficient (Wildman–Crippen LogP) is 0.865. The summed E-state index contributed by atoms with van der Waals surface area (Å²) in [5, 5.41) is 2.74. The Hall–Kier alpha value is -1.93. The quantitative estimate of drug-likeness (QED) is 0.610. The summed E-state index contributed by atoms with van der Waals surface area (Å²) < 4.78 is 12.0. The van der Waals surface area contributed by atoms with Crippen LogP contribution in [0.2, 0.25) is 0 Å². The molecule has 2 N–H and O–H groups in total. The van der Waals surface area contributed by atoms with Crippen LogP contribution in [-0.2, 0) is 16.1 Å². The number of nitrogens with zero attached hydrogens (tertiary/aromatic N) is 2. The molecule has 0 aliphatic carbocycles. The van der Waals surface area contributed by atoms with E-state index < -0.39 is 0 Å². The van der Waals surface area contributed by atoms with E-state index in [9.17, 15) is 4.79 Å². The second kappa shape index (κ2) is 6.49. The van der Waals surface area contributed by atoms with Crippen molar-refractivity contribution in [1.29, 1.82) is 0 Å². The molecule has 0 spiro atoms. The van der Waals surface area contributed by atoms with Crippen molar-refractivity contribution < 1.29 is 14.3 Å². The minimum absolute atomic E-state index is 0.0999. The van der Waals surface area contributed by atoms with Gasteiger partial charge in [0.25, 0.3) is 0 Å². The Morgan fingerprint density at radius 3 is 3.00 bits per heavy atom. The third-order valence-electron chi connectivity index (χ3n) is 2.73. The molecule has 2 rings (SSSR count). The van der Waals surface area contributed by atoms with Crippen molar-refractivity contribution in [1.82, 2.24) is 19.9 Å². The molecule has 8 heteroatoms. The summed E-state index contributed by atoms with van der Waals surface area (Å²) in [7, 11) is 3.12. The monoisotopic (exact) mass is 296 g/mol. The molecule has 0 atom stereocenters. The van der Waals surface area contributed by atoms with Crippen LogP contribution in [0.3, 0.4) is 0 Å². The molecule has 0 saturated heterocycles. The first kappa shape index (κ1) is 14.5. The van der Waals surface area contributed by atoms with Gasteiger partial charge >= 0.3 is 0 Å². The molecule has 2 aromatic heterocycles. The lowest BCUT2D eigenvalue weighted by atomic mass is 10.4. The number of carbonyl (C=O) groups excluding carboxylic acids is 1. The minimum atomic E-state index is -0.149. The summed E-state index contributed by atoms with van der Waals surface area (Å²) >= 11 is 5.21. The summed E-state index contributed by atoms with van der Waals surface area (Å²) in [6.07, 6.45) is 0. The third kappa shape index (κ3) is 3.14. The van der Waals surface area contributed by atoms with Crippen LogP contribution in [0.5, 0.6) is 5.88 Å². The highest BCUT2D eigenvalue weighted by atomic mass is 32.1. The highest BCUT2D eigenvalue weighted by Gasteiger charge is 2.10. The zero-order chi connectivity index (χ0) is 14.5. The molecule has 0 radical (unpaired) electrons. The predicted molar refractivity (Wildman–Crippen MR) is 76.4 cm³/mol. The average molecular weight is 296 g/mol. The Balaban J connectivity index is 2.22. The molecular weight excluding hydrogens is 280 g/mol. The summed E-state index contributed by atoms with van der Waals surface area (Å²) in [5.74, 6) is 0.323. The zero-order valence-electron chi connectivity index (χ0n) is 11.3. The van der Waals surface area contributed by atoms with E-state index >= 15 is 0 Å². The smallest absolute Gasteiger partial charge is 0.240 e. The van der Waals surface area contributed by atoms with Crippen molar-refractivity contribution in [2.75, 3.05) is 27.4 Å². The van der Waals surface area contributed by atoms with E-state index in [0.29, 0.717) is 29.4 Å². The van der Waals surface area contributed by atoms with Gasteiger partial charge in [-0.15, -0.1) is 0 Å². The maximum Gasteiger partial charge on any atom is 0.240 e. The number of carbonyl (C=O) groups is 1. The second-order valence-corrected chi connectivity index (χ2v) is 4.47. The van der Waals surface area contributed by atoms with Crippen LogP contribution in [-0.4, -0.2) is 47.8 Å². The van der Waals surface area contributed by atoms with Crippen molar-refractivity contribution in [3.63, 3.8) is 0 Å². The maximum absolute atomic E-state index is 11.8. The van der Waals surface area contributed by atoms with Crippen LogP contribution in [0.25, 0.3) is 11.2 Å². The zero-order valence-corrected chi connectivity index (χ0v) is 12.1. The average Bonchev–Trinajstić information content (AvgIpc) is 2.75. The number of methoxy groups -OCH3 is 2. The van der Waals surface area contributed by atoms with Crippen molar-refractivity contribution >= 4 is 29.3 Å². The lowest BCUT2D eigenvalue weighted by Crippen LogP contribution is -2.30. The SMILES string of the molecule is COCCNC(=O)Cn1c(=S)[nH]c2ccc(OC)nc21. The number of amides is 1. The molecule has 0 aliphatic rings. The second-order valence-electron chi connectivity index (χ2n) is 4.08. The van der Waals surface area contributed by atoms with E-state index in [1.165, 1.54) is 7.11 Å². The van der Waals surface area contributed by atoms with E-state index in [2.05, 4.69) is 15.3 Å². The summed E-state index contributed by atoms with van der Waals surface area (Å²) in [4.78, 5) is 19.1. The lowest BCUT2D eigenvalue weighted by molar-refractivity contribution is -0.121. The largest absolute Gasteiger partial charge is 0.481 e. The molecule has 0 saturated carbocycles. The van der Waals surface area contributed by atoms with Gasteiger partial charge in [-0.05, 0) is 18.3 Å². The number of hydrogen-bond acceptors (Lipinski definition) is 5. The molecule has 20 heavy (non-hydrogen) atoms. The van der Waals surface area contributed by atoms with Crippen LogP contribution in [0, 0.1) is 4.77 Å². The molecule has 108 valence electrons. The Morgan fingerprint density at radius 1 is 1.50 bits per heavy atom. The third-order valence-corrected chi connectivity index (χ3v) is 3.05. The van der Waals surface area contributed by atoms with Crippen LogP contribution in [0.15, 0.2) is 12.1 Å². The van der Waals surface area contributed by atoms with Gasteiger partial charge in [-0.25, -0.2) is 0 Å². The van der Waals surface area contributed by atoms with E-state index in [1.807, 2.05) is 6.07 Å². The standard InChI is InChI=1S/C12H16N4O3S/c1-18-6-5-13-9(17)7-16-11-8(14-12(16)20)3-4-10(15-11)19-2/h3-4H,5-7H2,1-2H3,(H,13,17)(H,14,20). The van der Waals surface area contributed by atoms with Crippen molar-refractivity contribution in [2.45, 2.75) is 6.54 Å². The molecule has 0 unspecified atom stereocenters. The highest BCUT2D eigenvalue weighted by Crippen LogP contribution is 2.16. The molecule has 0 fully saturated rings. The molecule has 0 bridgehead atoms. The molecule has 1 amide bonds. The number of H-pyrrole nitrogens is 1. The van der Waals surface area contributed by atoms with Gasteiger partial charge in [0.15, 0.2) is 10.4 Å². The van der Waals surface area contributed by atoms with Gasteiger partial charge in [-0.3, -0.25) is 9.36 Å². The van der Waals surface area contributed by atoms with Crippen LogP contribution in [0.1, 0.15) is 0 Å². The van der Waals surface area contributed by atoms with Gasteiger partial charge in [0, 0.05) is 19.7 Å². The van der Waals surface area contributed by atoms with Gasteiger partial charge in [0.2, 0.25) is 11.8 Å². The van der Waals surface area contributed by atoms with Crippen molar-refractivity contribution in [3.05, 3.63) is 16.9 Å². The van der Waals surface area contributed by atoms with Crippen LogP contribution < -0.4 is 10.1 Å². The molecule has 7 nitrogen and oxygen atoms in total. The number of aromatic amines is 1. The molecule has 0 aromatic carbocycles. The number of nitrogens with one attached hydrogen (secondary N) is 2. The number of aromatic nitrogens is 3. The number of pyridine rings is 1. The van der Waals surface area contributed by atoms with E-state index in [1.54, 1.807) is 17.7 Å². The molecule has 0 aliphatic heterocycles. The first-order chi connectivity index (χ1) is 9.65. The Labute approximate surface area is 120 Å². The van der Waals surface area contributed by atoms with Crippen LogP contribution in [0.4, 0.5) is 0 Å². The summed E-state index contributed by atoms with van der Waals surface area (Å²) in [6.45, 7) is 1.03. The first-order valence-corrected chi connectivity index (χ1v) is 6.45. The Kier molecular flexibility index (Phi) is 4.70. The molecule has 2 heterocycles. The fourth-order valence-electron chi connectivity index (χ4n) is 1.77. The number of hydrogen-bond donors (Lipinski definition) is 2. The Bertz CT molecular complexity index is 664. The normalized spacial score (nSPS) is 10.7. The number of imidazole rings is 1. The lowest BCUT2D eigenvalue weighted by Gasteiger charge is -2.06. The van der Waals surface area contributed by atoms with Gasteiger partial charge in [-0.1, -0.05) is 0 Å². The van der Waals surface area contributed by atoms with Gasteiger partial charge in [-0.2, -0.15) is 4.98 Å². The van der Waals surface area contributed by atoms with Crippen molar-refractivity contribution in [2.24, 2.45) is 0 Å². The number of ether oxygens (including phenoxy) is 2. The van der Waals surface area contributed by atoms with Gasteiger partial charge in [0.05, 0.1) is 19.2 Å². The highest BCUT2D eigenvalue weighted by molar-refractivity contribution is 7.71. The number of fused-ring (bicyclic) bond motifs is 1. The van der Waals surface area contributed by atoms with E-state index in [4.69, 9.17) is 21.7 Å². The fourth-order valence-corrected chi connectivity index (χ4v) is 2.03. The fraction of sp³-hybridized carbons (Fsp3) is 0.417. The summed E-state index contributed by atoms with van der Waals surface area (Å²) in [6, 6.07) is 3.55. The van der Waals surface area contributed by atoms with Gasteiger partial charge < -0.3 is 19.8 Å². The van der Waals surface area contributed by atoms with E-state index in [-0.39, 0.29) is 12.5 Å². The summed E-state index contributed by atoms with van der Waals surface area (Å²) in [5.41, 5.74) is 1.36. The Morgan fingerprint density at radius 2 is 2.30 bits per heavy atom. The maximum atomic E-state index is 11.8. The van der Waals surface area contributed by atoms with Crippen molar-refractivity contribution in [3.8, 4) is 5.88 Å². The van der Waals surface area contributed by atoms with Crippen LogP contribution >= 0.6 is 12.2 Å². The number of rotatable bonds is 6. The van der Waals surface area contributed by atoms with E-state index in [0.717, 1.165) is 5.52 Å². The molecule has 2 aromatic rings. The van der Waals surface area contributed by atoms with Gasteiger partial charge in [0.1, 0.15) is 6.54 Å².